The molecule has 2 aromatic rings. The van der Waals surface area contributed by atoms with Crippen LogP contribution in [-0.4, -0.2) is 62.2 Å². The molecule has 0 bridgehead atoms. The molecule has 3 heterocycles. The first-order valence-electron chi connectivity index (χ1n) is 9.13. The Morgan fingerprint density at radius 1 is 1.46 bits per heavy atom. The molecule has 4 rings (SSSR count). The van der Waals surface area contributed by atoms with Crippen molar-refractivity contribution in [3.05, 3.63) is 23.1 Å². The Kier molecular flexibility index (Phi) is 5.20. The molecule has 1 spiro atoms. The van der Waals surface area contributed by atoms with Crippen molar-refractivity contribution in [3.8, 4) is 0 Å². The molecule has 0 aromatic carbocycles. The monoisotopic (exact) mass is 432 g/mol. The second-order valence-corrected chi connectivity index (χ2v) is 8.99. The molecule has 2 aliphatic rings. The fourth-order valence-electron chi connectivity index (χ4n) is 4.43. The van der Waals surface area contributed by atoms with Crippen molar-refractivity contribution < 1.29 is 13.9 Å². The van der Waals surface area contributed by atoms with E-state index in [0.29, 0.717) is 5.15 Å². The van der Waals surface area contributed by atoms with Crippen molar-refractivity contribution >= 4 is 35.1 Å². The van der Waals surface area contributed by atoms with E-state index in [1.165, 1.54) is 6.33 Å². The normalized spacial score (nSPS) is 19.5. The predicted molar refractivity (Wildman–Crippen MR) is 106 cm³/mol. The summed E-state index contributed by atoms with van der Waals surface area (Å²) in [6.07, 6.45) is 2.60. The highest BCUT2D eigenvalue weighted by atomic mass is 35.5. The number of fused-ring (bicyclic) bond motifs is 1. The van der Waals surface area contributed by atoms with Crippen LogP contribution in [0.1, 0.15) is 24.8 Å². The largest absolute Gasteiger partial charge is 0.396 e. The first kappa shape index (κ1) is 20.1. The molecule has 1 aliphatic carbocycles. The van der Waals surface area contributed by atoms with Gasteiger partial charge >= 0.3 is 0 Å². The lowest BCUT2D eigenvalue weighted by Crippen LogP contribution is -2.66. The molecule has 0 radical (unpaired) electrons. The van der Waals surface area contributed by atoms with Gasteiger partial charge in [0, 0.05) is 49.7 Å². The van der Waals surface area contributed by atoms with E-state index in [1.54, 1.807) is 8.82 Å². The summed E-state index contributed by atoms with van der Waals surface area (Å²) in [6, 6.07) is 1.89. The van der Waals surface area contributed by atoms with Crippen molar-refractivity contribution in [2.45, 2.75) is 38.2 Å². The molecule has 2 aromatic heterocycles. The number of halogens is 3. The van der Waals surface area contributed by atoms with Gasteiger partial charge in [0.2, 0.25) is 0 Å². The maximum Gasteiger partial charge on any atom is 0.263 e. The number of anilines is 1. The maximum absolute atomic E-state index is 13.8. The number of aliphatic hydroxyl groups excluding tert-OH is 1. The summed E-state index contributed by atoms with van der Waals surface area (Å²) >= 11 is 7.08. The molecule has 1 aliphatic heterocycles. The van der Waals surface area contributed by atoms with Gasteiger partial charge in [-0.1, -0.05) is 11.6 Å². The first-order valence-corrected chi connectivity index (χ1v) is 10.3. The summed E-state index contributed by atoms with van der Waals surface area (Å²) in [4.78, 5) is 6.64. The van der Waals surface area contributed by atoms with Gasteiger partial charge in [-0.3, -0.25) is 5.14 Å². The number of rotatable bonds is 7. The van der Waals surface area contributed by atoms with Gasteiger partial charge in [-0.2, -0.15) is 5.10 Å². The van der Waals surface area contributed by atoms with Crippen molar-refractivity contribution in [1.82, 2.24) is 18.9 Å². The highest BCUT2D eigenvalue weighted by Crippen LogP contribution is 2.52. The third kappa shape index (κ3) is 3.45. The minimum absolute atomic E-state index is 0.0246. The maximum atomic E-state index is 13.8. The van der Waals surface area contributed by atoms with Crippen molar-refractivity contribution in [2.24, 2.45) is 10.6 Å². The van der Waals surface area contributed by atoms with E-state index in [0.717, 1.165) is 55.0 Å². The molecule has 154 valence electrons. The van der Waals surface area contributed by atoms with E-state index in [1.807, 2.05) is 13.0 Å². The van der Waals surface area contributed by atoms with Gasteiger partial charge in [-0.15, -0.1) is 0 Å². The van der Waals surface area contributed by atoms with E-state index >= 15 is 0 Å². The SMILES string of the molecule is Cc1cc(Cl)n2ncnc(N3CC4(CC(N(CC(F)(F)CCO)SN)C4)C3)c12. The molecule has 0 unspecified atom stereocenters. The zero-order valence-electron chi connectivity index (χ0n) is 15.5. The summed E-state index contributed by atoms with van der Waals surface area (Å²) in [5, 5.41) is 19.2. The van der Waals surface area contributed by atoms with Gasteiger partial charge in [0.15, 0.2) is 5.82 Å². The zero-order chi connectivity index (χ0) is 20.1. The van der Waals surface area contributed by atoms with Crippen LogP contribution in [0.15, 0.2) is 12.4 Å². The fourth-order valence-corrected chi connectivity index (χ4v) is 5.31. The van der Waals surface area contributed by atoms with E-state index in [4.69, 9.17) is 21.8 Å². The van der Waals surface area contributed by atoms with Crippen molar-refractivity contribution in [3.63, 3.8) is 0 Å². The second kappa shape index (κ2) is 7.24. The number of aryl methyl sites for hydroxylation is 1. The van der Waals surface area contributed by atoms with Crippen LogP contribution in [0.5, 0.6) is 0 Å². The van der Waals surface area contributed by atoms with Crippen LogP contribution in [0.2, 0.25) is 5.15 Å². The van der Waals surface area contributed by atoms with Gasteiger partial charge in [0.1, 0.15) is 17.0 Å². The van der Waals surface area contributed by atoms with E-state index in [-0.39, 0.29) is 11.5 Å². The van der Waals surface area contributed by atoms with E-state index < -0.39 is 25.5 Å². The quantitative estimate of drug-likeness (QED) is 0.650. The van der Waals surface area contributed by atoms with E-state index in [2.05, 4.69) is 15.0 Å². The molecule has 11 heteroatoms. The average molecular weight is 433 g/mol. The number of nitrogens with zero attached hydrogens (tertiary/aromatic N) is 5. The molecule has 2 fully saturated rings. The number of aliphatic hydroxyl groups is 1. The number of alkyl halides is 2. The molecule has 7 nitrogen and oxygen atoms in total. The molecule has 1 saturated heterocycles. The fraction of sp³-hybridized carbons (Fsp3) is 0.647. The molecular weight excluding hydrogens is 410 g/mol. The van der Waals surface area contributed by atoms with Gasteiger partial charge in [0.05, 0.1) is 6.54 Å². The van der Waals surface area contributed by atoms with Gasteiger partial charge in [-0.05, 0) is 31.4 Å². The average Bonchev–Trinajstić information content (AvgIpc) is 2.86. The van der Waals surface area contributed by atoms with Crippen LogP contribution in [0.4, 0.5) is 14.6 Å². The highest BCUT2D eigenvalue weighted by Gasteiger charge is 2.55. The van der Waals surface area contributed by atoms with Gasteiger partial charge < -0.3 is 10.0 Å². The summed E-state index contributed by atoms with van der Waals surface area (Å²) in [7, 11) is 0. The molecule has 28 heavy (non-hydrogen) atoms. The minimum atomic E-state index is -2.94. The Bertz CT molecular complexity index is 867. The van der Waals surface area contributed by atoms with Crippen LogP contribution in [0.3, 0.4) is 0 Å². The van der Waals surface area contributed by atoms with Crippen LogP contribution in [-0.2, 0) is 0 Å². The Balaban J connectivity index is 1.39. The Morgan fingerprint density at radius 2 is 2.18 bits per heavy atom. The first-order chi connectivity index (χ1) is 13.3. The standard InChI is InChI=1S/C17H23ClF2N6OS/c1-11-4-13(18)26-14(11)15(22-10-23-26)24-7-16(8-24)5-12(6-16)25(28-21)9-17(19,20)2-3-27/h4,10,12,27H,2-3,5-9,21H2,1H3. The molecule has 0 amide bonds. The molecular formula is C17H23ClF2N6OS. The molecule has 1 saturated carbocycles. The summed E-state index contributed by atoms with van der Waals surface area (Å²) < 4.78 is 30.9. The van der Waals surface area contributed by atoms with E-state index in [9.17, 15) is 8.78 Å². The predicted octanol–water partition coefficient (Wildman–Crippen LogP) is 2.50. The van der Waals surface area contributed by atoms with Crippen molar-refractivity contribution in [2.75, 3.05) is 31.1 Å². The molecule has 3 N–H and O–H groups in total. The second-order valence-electron chi connectivity index (χ2n) is 7.92. The number of nitrogens with two attached hydrogens (primary N) is 1. The van der Waals surface area contributed by atoms with Gasteiger partial charge in [-0.25, -0.2) is 22.6 Å². The summed E-state index contributed by atoms with van der Waals surface area (Å²) in [6.45, 7) is 2.67. The molecule has 0 atom stereocenters. The summed E-state index contributed by atoms with van der Waals surface area (Å²) in [5.74, 6) is -2.08. The van der Waals surface area contributed by atoms with Crippen LogP contribution < -0.4 is 10.0 Å². The Morgan fingerprint density at radius 3 is 2.82 bits per heavy atom. The third-order valence-electron chi connectivity index (χ3n) is 5.78. The van der Waals surface area contributed by atoms with Crippen LogP contribution >= 0.6 is 23.7 Å². The Hall–Kier alpha value is -1.20. The highest BCUT2D eigenvalue weighted by molar-refractivity contribution is 7.94. The third-order valence-corrected chi connectivity index (χ3v) is 6.75. The number of aromatic nitrogens is 3. The van der Waals surface area contributed by atoms with Crippen molar-refractivity contribution in [1.29, 1.82) is 0 Å². The number of hydrogen-bond acceptors (Lipinski definition) is 7. The topological polar surface area (TPSA) is 82.9 Å². The van der Waals surface area contributed by atoms with Gasteiger partial charge in [0.25, 0.3) is 5.92 Å². The summed E-state index contributed by atoms with van der Waals surface area (Å²) in [5.41, 5.74) is 2.04. The number of hydrogen-bond donors (Lipinski definition) is 2. The van der Waals surface area contributed by atoms with Crippen LogP contribution in [0, 0.1) is 12.3 Å². The lowest BCUT2D eigenvalue weighted by atomic mass is 9.60. The minimum Gasteiger partial charge on any atom is -0.396 e. The van der Waals surface area contributed by atoms with Crippen LogP contribution in [0.25, 0.3) is 5.52 Å². The lowest BCUT2D eigenvalue weighted by molar-refractivity contribution is -0.0609. The lowest BCUT2D eigenvalue weighted by Gasteiger charge is -2.61. The Labute approximate surface area is 171 Å². The zero-order valence-corrected chi connectivity index (χ0v) is 17.1. The smallest absolute Gasteiger partial charge is 0.263 e.